The Labute approximate surface area is 198 Å². The molecule has 2 saturated heterocycles. The Morgan fingerprint density at radius 3 is 2.50 bits per heavy atom. The van der Waals surface area contributed by atoms with Crippen molar-refractivity contribution in [1.82, 2.24) is 30.1 Å². The molecule has 1 unspecified atom stereocenters. The number of carbonyl (C=O) groups is 1. The number of halogens is 4. The zero-order valence-electron chi connectivity index (χ0n) is 18.3. The summed E-state index contributed by atoms with van der Waals surface area (Å²) >= 11 is 6.24. The number of amides is 1. The van der Waals surface area contributed by atoms with Gasteiger partial charge in [0.1, 0.15) is 0 Å². The van der Waals surface area contributed by atoms with Gasteiger partial charge in [0.25, 0.3) is 5.91 Å². The van der Waals surface area contributed by atoms with Crippen LogP contribution in [0.5, 0.6) is 0 Å². The van der Waals surface area contributed by atoms with Crippen molar-refractivity contribution in [3.05, 3.63) is 64.7 Å². The number of piperidine rings is 2. The van der Waals surface area contributed by atoms with Crippen molar-refractivity contribution >= 4 is 17.5 Å². The Balaban J connectivity index is 1.40. The monoisotopic (exact) mass is 490 g/mol. The van der Waals surface area contributed by atoms with Crippen LogP contribution in [-0.2, 0) is 12.6 Å². The number of hydrogen-bond acceptors (Lipinski definition) is 5. The second kappa shape index (κ2) is 8.65. The van der Waals surface area contributed by atoms with E-state index in [2.05, 4.69) is 27.3 Å². The molecule has 7 nitrogen and oxygen atoms in total. The maximum atomic E-state index is 13.9. The van der Waals surface area contributed by atoms with Gasteiger partial charge in [0.15, 0.2) is 5.69 Å². The molecular weight excluding hydrogens is 469 g/mol. The van der Waals surface area contributed by atoms with Gasteiger partial charge in [0.05, 0.1) is 29.3 Å². The van der Waals surface area contributed by atoms with Crippen molar-refractivity contribution in [2.45, 2.75) is 50.9 Å². The Morgan fingerprint density at radius 2 is 1.85 bits per heavy atom. The van der Waals surface area contributed by atoms with Crippen molar-refractivity contribution in [3.63, 3.8) is 0 Å². The van der Waals surface area contributed by atoms with Crippen LogP contribution in [0.25, 0.3) is 5.69 Å². The number of benzene rings is 1. The van der Waals surface area contributed by atoms with Gasteiger partial charge in [-0.15, -0.1) is 5.10 Å². The van der Waals surface area contributed by atoms with Gasteiger partial charge < -0.3 is 4.90 Å². The molecule has 1 amide bonds. The zero-order chi connectivity index (χ0) is 24.0. The number of fused-ring (bicyclic) bond motifs is 2. The summed E-state index contributed by atoms with van der Waals surface area (Å²) in [6.07, 6.45) is 1.44. The summed E-state index contributed by atoms with van der Waals surface area (Å²) < 4.78 is 38.4. The van der Waals surface area contributed by atoms with E-state index in [4.69, 9.17) is 11.6 Å². The van der Waals surface area contributed by atoms with E-state index in [9.17, 15) is 18.0 Å². The number of hydrogen-bond donors (Lipinski definition) is 0. The summed E-state index contributed by atoms with van der Waals surface area (Å²) in [5, 5.41) is 15.8. The highest BCUT2D eigenvalue weighted by molar-refractivity contribution is 6.31. The molecule has 3 aromatic rings. The second-order valence-corrected chi connectivity index (χ2v) is 9.39. The number of rotatable bonds is 5. The molecule has 1 saturated carbocycles. The van der Waals surface area contributed by atoms with E-state index >= 15 is 0 Å². The van der Waals surface area contributed by atoms with E-state index in [1.54, 1.807) is 18.2 Å². The smallest absolute Gasteiger partial charge is 0.332 e. The number of alkyl halides is 3. The largest absolute Gasteiger partial charge is 0.435 e. The molecule has 2 bridgehead atoms. The standard InChI is InChI=1S/C23H22ClF3N6O/c1-13-14-10-17(11-14)32(19(13)6-3-16-4-7-21(31-30-16)23(25,26)27)22(34)18-12-15(24)2-5-20(18)33-28-8-9-29-33/h2,4-5,7-9,12-14,17,19H,3,6,10-11H2,1H3/t13-,14?,17?,19?/m1/s1. The third-order valence-corrected chi connectivity index (χ3v) is 7.25. The zero-order valence-corrected chi connectivity index (χ0v) is 19.0. The van der Waals surface area contributed by atoms with Gasteiger partial charge in [0.2, 0.25) is 0 Å². The van der Waals surface area contributed by atoms with Gasteiger partial charge >= 0.3 is 6.18 Å². The topological polar surface area (TPSA) is 76.8 Å². The maximum absolute atomic E-state index is 13.9. The highest BCUT2D eigenvalue weighted by Crippen LogP contribution is 2.48. The Hall–Kier alpha value is -3.01. The molecular formula is C23H22ClF3N6O. The molecule has 3 aliphatic rings. The number of carbonyl (C=O) groups excluding carboxylic acids is 1. The third-order valence-electron chi connectivity index (χ3n) is 7.02. The van der Waals surface area contributed by atoms with Crippen molar-refractivity contribution in [2.24, 2.45) is 11.8 Å². The van der Waals surface area contributed by atoms with E-state index in [0.717, 1.165) is 18.9 Å². The quantitative estimate of drug-likeness (QED) is 0.522. The van der Waals surface area contributed by atoms with Crippen LogP contribution in [0.2, 0.25) is 5.02 Å². The number of aryl methyl sites for hydroxylation is 1. The van der Waals surface area contributed by atoms with Gasteiger partial charge in [-0.3, -0.25) is 4.79 Å². The summed E-state index contributed by atoms with van der Waals surface area (Å²) in [5.74, 6) is 0.638. The van der Waals surface area contributed by atoms with Crippen LogP contribution in [0.1, 0.15) is 47.9 Å². The summed E-state index contributed by atoms with van der Waals surface area (Å²) in [7, 11) is 0. The predicted octanol–water partition coefficient (Wildman–Crippen LogP) is 4.60. The molecule has 34 heavy (non-hydrogen) atoms. The van der Waals surface area contributed by atoms with E-state index in [-0.39, 0.29) is 23.9 Å². The minimum Gasteiger partial charge on any atom is -0.332 e. The SMILES string of the molecule is C[C@@H]1C2CC(C2)N(C(=O)c2cc(Cl)ccc2-n2nccn2)C1CCc1ccc(C(F)(F)F)nn1. The van der Waals surface area contributed by atoms with Crippen molar-refractivity contribution < 1.29 is 18.0 Å². The minimum absolute atomic E-state index is 0.0773. The first-order valence-corrected chi connectivity index (χ1v) is 11.5. The lowest BCUT2D eigenvalue weighted by atomic mass is 9.63. The Morgan fingerprint density at radius 1 is 1.12 bits per heavy atom. The molecule has 178 valence electrons. The Kier molecular flexibility index (Phi) is 5.79. The summed E-state index contributed by atoms with van der Waals surface area (Å²) in [6.45, 7) is 2.14. The van der Waals surface area contributed by atoms with E-state index < -0.39 is 11.9 Å². The van der Waals surface area contributed by atoms with Crippen LogP contribution in [0.3, 0.4) is 0 Å². The van der Waals surface area contributed by atoms with Crippen LogP contribution >= 0.6 is 11.6 Å². The van der Waals surface area contributed by atoms with Gasteiger partial charge in [-0.2, -0.15) is 33.3 Å². The predicted molar refractivity (Wildman–Crippen MR) is 117 cm³/mol. The molecule has 2 aliphatic heterocycles. The molecule has 4 heterocycles. The van der Waals surface area contributed by atoms with Crippen LogP contribution in [0.15, 0.2) is 42.7 Å². The van der Waals surface area contributed by atoms with Gasteiger partial charge in [0, 0.05) is 17.1 Å². The fourth-order valence-corrected chi connectivity index (χ4v) is 5.29. The van der Waals surface area contributed by atoms with Crippen LogP contribution in [0.4, 0.5) is 13.2 Å². The molecule has 1 aliphatic carbocycles. The molecule has 3 fully saturated rings. The lowest BCUT2D eigenvalue weighted by Gasteiger charge is -2.57. The molecule has 2 aromatic heterocycles. The Bertz CT molecular complexity index is 1180. The van der Waals surface area contributed by atoms with Crippen LogP contribution in [-0.4, -0.2) is 48.1 Å². The van der Waals surface area contributed by atoms with Crippen molar-refractivity contribution in [2.75, 3.05) is 0 Å². The van der Waals surface area contributed by atoms with Gasteiger partial charge in [-0.05, 0) is 67.9 Å². The van der Waals surface area contributed by atoms with E-state index in [1.807, 2.05) is 4.90 Å². The number of aromatic nitrogens is 5. The normalized spacial score (nSPS) is 24.1. The molecule has 1 aromatic carbocycles. The molecule has 6 rings (SSSR count). The molecule has 0 radical (unpaired) electrons. The fraction of sp³-hybridized carbons (Fsp3) is 0.435. The molecule has 0 spiro atoms. The van der Waals surface area contributed by atoms with Crippen LogP contribution < -0.4 is 0 Å². The lowest BCUT2D eigenvalue weighted by molar-refractivity contribution is -0.141. The minimum atomic E-state index is -4.52. The first-order valence-electron chi connectivity index (χ1n) is 11.1. The highest BCUT2D eigenvalue weighted by atomic mass is 35.5. The lowest BCUT2D eigenvalue weighted by Crippen LogP contribution is -2.63. The average molecular weight is 491 g/mol. The summed E-state index contributed by atoms with van der Waals surface area (Å²) in [5.41, 5.74) is 0.415. The third kappa shape index (κ3) is 4.15. The first-order chi connectivity index (χ1) is 16.2. The molecule has 2 atom stereocenters. The van der Waals surface area contributed by atoms with Gasteiger partial charge in [-0.1, -0.05) is 18.5 Å². The highest BCUT2D eigenvalue weighted by Gasteiger charge is 2.50. The first kappa shape index (κ1) is 22.8. The van der Waals surface area contributed by atoms with E-state index in [1.165, 1.54) is 23.3 Å². The summed E-state index contributed by atoms with van der Waals surface area (Å²) in [6, 6.07) is 7.39. The van der Waals surface area contributed by atoms with Crippen LogP contribution in [0, 0.1) is 11.8 Å². The number of nitrogens with zero attached hydrogens (tertiary/aromatic N) is 6. The van der Waals surface area contributed by atoms with Crippen molar-refractivity contribution in [3.8, 4) is 5.69 Å². The van der Waals surface area contributed by atoms with Crippen molar-refractivity contribution in [1.29, 1.82) is 0 Å². The molecule has 0 N–H and O–H groups in total. The maximum Gasteiger partial charge on any atom is 0.435 e. The molecule has 11 heteroatoms. The van der Waals surface area contributed by atoms with E-state index in [0.29, 0.717) is 40.7 Å². The average Bonchev–Trinajstić information content (AvgIpc) is 3.31. The summed E-state index contributed by atoms with van der Waals surface area (Å²) in [4.78, 5) is 17.2. The second-order valence-electron chi connectivity index (χ2n) is 8.95. The van der Waals surface area contributed by atoms with Gasteiger partial charge in [-0.25, -0.2) is 0 Å². The fourth-order valence-electron chi connectivity index (χ4n) is 5.12.